The lowest BCUT2D eigenvalue weighted by molar-refractivity contribution is 0.000174. The second-order valence-electron chi connectivity index (χ2n) is 18.0. The van der Waals surface area contributed by atoms with Gasteiger partial charge in [0, 0.05) is 14.6 Å². The van der Waals surface area contributed by atoms with Crippen LogP contribution in [0.25, 0.3) is 0 Å². The Balaban J connectivity index is 0.000000688. The lowest BCUT2D eigenvalue weighted by Crippen LogP contribution is -2.21. The van der Waals surface area contributed by atoms with Gasteiger partial charge in [-0.25, -0.2) is 17.6 Å². The maximum absolute atomic E-state index is 12.6. The zero-order valence-corrected chi connectivity index (χ0v) is 39.8. The Morgan fingerprint density at radius 2 is 0.633 bits per heavy atom. The van der Waals surface area contributed by atoms with Crippen LogP contribution in [0, 0.1) is 102 Å². The van der Waals surface area contributed by atoms with Crippen LogP contribution >= 0.6 is 0 Å². The minimum absolute atomic E-state index is 0. The van der Waals surface area contributed by atoms with Crippen LogP contribution in [0.2, 0.25) is 0 Å². The van der Waals surface area contributed by atoms with Crippen LogP contribution in [0.3, 0.4) is 0 Å². The topological polar surface area (TPSA) is 18.5 Å². The van der Waals surface area contributed by atoms with Crippen LogP contribution in [0.15, 0.2) is 72.8 Å². The zero-order chi connectivity index (χ0) is 45.4. The molecule has 1 aliphatic carbocycles. The summed E-state index contributed by atoms with van der Waals surface area (Å²) in [6.45, 7) is 30.0. The fourth-order valence-electron chi connectivity index (χ4n) is 6.23. The first-order valence-corrected chi connectivity index (χ1v) is 22.3. The molecule has 4 atom stereocenters. The molecule has 2 aliphatic heterocycles. The summed E-state index contributed by atoms with van der Waals surface area (Å²) in [7, 11) is 0. The average Bonchev–Trinajstić information content (AvgIpc) is 3.21. The zero-order valence-electron chi connectivity index (χ0n) is 39.8. The van der Waals surface area contributed by atoms with E-state index >= 15 is 0 Å². The number of hydrogen-bond donors (Lipinski definition) is 0. The molecule has 0 aromatic heterocycles. The van der Waals surface area contributed by atoms with Crippen LogP contribution in [0.1, 0.15) is 139 Å². The minimum atomic E-state index is -0.736. The maximum atomic E-state index is 12.6. The van der Waals surface area contributed by atoms with Gasteiger partial charge in [0.2, 0.25) is 0 Å². The highest BCUT2D eigenvalue weighted by atomic mass is 19.2. The molecule has 0 bridgehead atoms. The van der Waals surface area contributed by atoms with Crippen molar-refractivity contribution in [1.82, 2.24) is 0 Å². The number of halogens is 4. The molecule has 3 aliphatic rings. The molecule has 0 N–H and O–H groups in total. The fraction of sp³-hybridized carbons (Fsp3) is 0.556. The molecule has 6 heteroatoms. The third kappa shape index (κ3) is 24.7. The summed E-state index contributed by atoms with van der Waals surface area (Å²) in [4.78, 5) is 0. The largest absolute Gasteiger partial charge is 0.378 e. The van der Waals surface area contributed by atoms with Crippen molar-refractivity contribution in [3.05, 3.63) is 141 Å². The third-order valence-corrected chi connectivity index (χ3v) is 11.1. The Morgan fingerprint density at radius 3 is 0.867 bits per heavy atom. The molecular weight excluding hydrogens is 757 g/mol. The second-order valence-corrected chi connectivity index (χ2v) is 18.0. The van der Waals surface area contributed by atoms with Gasteiger partial charge in [0.1, 0.15) is 11.6 Å². The van der Waals surface area contributed by atoms with Gasteiger partial charge in [0.25, 0.3) is 0 Å². The lowest BCUT2D eigenvalue weighted by Gasteiger charge is -2.23. The molecule has 7 rings (SSSR count). The molecule has 0 amide bonds. The quantitative estimate of drug-likeness (QED) is 0.164. The molecule has 2 nitrogen and oxygen atoms in total. The Kier molecular flexibility index (Phi) is 27.0. The van der Waals surface area contributed by atoms with E-state index in [-0.39, 0.29) is 13.1 Å². The normalized spacial score (nSPS) is 21.7. The Labute approximate surface area is 365 Å². The predicted octanol–water partition coefficient (Wildman–Crippen LogP) is 16.5. The molecule has 4 unspecified atom stereocenters. The fourth-order valence-corrected chi connectivity index (χ4v) is 6.23. The van der Waals surface area contributed by atoms with Gasteiger partial charge in [-0.05, 0) is 164 Å². The minimum Gasteiger partial charge on any atom is -0.378 e. The van der Waals surface area contributed by atoms with Crippen molar-refractivity contribution >= 4 is 0 Å². The summed E-state index contributed by atoms with van der Waals surface area (Å²) in [5, 5.41) is 0. The lowest BCUT2D eigenvalue weighted by atomic mass is 9.84. The van der Waals surface area contributed by atoms with Crippen LogP contribution < -0.4 is 0 Å². The van der Waals surface area contributed by atoms with Crippen molar-refractivity contribution in [3.63, 3.8) is 0 Å². The maximum Gasteiger partial charge on any atom is 0.161 e. The summed E-state index contributed by atoms with van der Waals surface area (Å²) in [5.74, 6) is 1.93. The molecule has 0 radical (unpaired) electrons. The van der Waals surface area contributed by atoms with Gasteiger partial charge in [-0.3, -0.25) is 0 Å². The van der Waals surface area contributed by atoms with Crippen molar-refractivity contribution in [2.75, 3.05) is 13.2 Å². The first kappa shape index (κ1) is 54.5. The molecule has 2 heterocycles. The number of ether oxygens (including phenoxy) is 2. The number of aryl methyl sites for hydroxylation is 8. The number of rotatable bonds is 0. The van der Waals surface area contributed by atoms with Gasteiger partial charge < -0.3 is 9.47 Å². The van der Waals surface area contributed by atoms with Crippen molar-refractivity contribution in [2.24, 2.45) is 23.7 Å². The van der Waals surface area contributed by atoms with Crippen LogP contribution in [-0.2, 0) is 9.47 Å². The molecule has 338 valence electrons. The molecular formula is C54H82F4O2. The van der Waals surface area contributed by atoms with Crippen LogP contribution in [0.5, 0.6) is 0 Å². The third-order valence-electron chi connectivity index (χ3n) is 11.1. The molecule has 4 aromatic carbocycles. The van der Waals surface area contributed by atoms with Crippen molar-refractivity contribution in [3.8, 4) is 0 Å². The van der Waals surface area contributed by atoms with Crippen LogP contribution in [-0.4, -0.2) is 25.4 Å². The van der Waals surface area contributed by atoms with Gasteiger partial charge in [-0.2, -0.15) is 0 Å². The highest BCUT2D eigenvalue weighted by Gasteiger charge is 2.15. The van der Waals surface area contributed by atoms with E-state index in [0.29, 0.717) is 34.5 Å². The van der Waals surface area contributed by atoms with Crippen molar-refractivity contribution < 1.29 is 28.5 Å². The Hall–Kier alpha value is -3.48. The number of hydrogen-bond acceptors (Lipinski definition) is 2. The Morgan fingerprint density at radius 1 is 0.367 bits per heavy atom. The summed E-state index contributed by atoms with van der Waals surface area (Å²) in [6.07, 6.45) is 12.1. The monoisotopic (exact) mass is 839 g/mol. The van der Waals surface area contributed by atoms with E-state index in [2.05, 4.69) is 79.7 Å². The summed E-state index contributed by atoms with van der Waals surface area (Å²) in [5.41, 5.74) is 6.72. The molecule has 4 aromatic rings. The van der Waals surface area contributed by atoms with Crippen molar-refractivity contribution in [1.29, 1.82) is 0 Å². The van der Waals surface area contributed by atoms with Gasteiger partial charge in [0.05, 0.1) is 12.2 Å². The van der Waals surface area contributed by atoms with Gasteiger partial charge in [-0.1, -0.05) is 125 Å². The second kappa shape index (κ2) is 29.7. The van der Waals surface area contributed by atoms with Crippen LogP contribution in [0.4, 0.5) is 17.6 Å². The Bertz CT molecular complexity index is 1560. The predicted molar refractivity (Wildman–Crippen MR) is 250 cm³/mol. The van der Waals surface area contributed by atoms with E-state index in [4.69, 9.17) is 9.47 Å². The molecule has 2 saturated heterocycles. The molecule has 1 saturated carbocycles. The highest BCUT2D eigenvalue weighted by Crippen LogP contribution is 2.27. The first-order valence-electron chi connectivity index (χ1n) is 22.3. The van der Waals surface area contributed by atoms with E-state index < -0.39 is 11.6 Å². The molecule has 60 heavy (non-hydrogen) atoms. The van der Waals surface area contributed by atoms with Crippen molar-refractivity contribution in [2.45, 2.75) is 161 Å². The van der Waals surface area contributed by atoms with E-state index in [1.165, 1.54) is 88.5 Å². The number of benzene rings is 4. The summed E-state index contributed by atoms with van der Waals surface area (Å²) in [6, 6.07) is 22.0. The SMILES string of the molecule is CC1CCC(C)CC1.CC1CCC(C)OC1.CC1CCC(C)OC1.Cc1ccc(C)c(F)c1.Cc1ccc(C)c(F)c1.Cc1ccc(C)c(F)c1F.Cc1ccc(C)cc1.[HH]. The van der Waals surface area contributed by atoms with E-state index in [1.807, 2.05) is 26.0 Å². The standard InChI is InChI=1S/C8H8F2.2C8H9F.C8H16.C8H10.2C7H14O.H2/c1-5-3-4-6(2)8(10)7(5)9;2*1-6-3-4-7(2)8(9)5-6;2*1-7-3-5-8(2)6-4-7;2*1-6-3-4-7(2)8-5-6;/h3-4H,1-2H3;2*3-5H,1-2H3;7-8H,3-6H2,1-2H3;3-6H,1-2H3;2*6-7H,3-5H2,1-2H3;1H. The van der Waals surface area contributed by atoms with E-state index in [1.54, 1.807) is 38.1 Å². The van der Waals surface area contributed by atoms with Gasteiger partial charge in [0.15, 0.2) is 11.6 Å². The average molecular weight is 839 g/mol. The summed E-state index contributed by atoms with van der Waals surface area (Å²) < 4.78 is 61.2. The highest BCUT2D eigenvalue weighted by molar-refractivity contribution is 5.24. The molecule has 3 fully saturated rings. The summed E-state index contributed by atoms with van der Waals surface area (Å²) >= 11 is 0. The molecule has 0 spiro atoms. The van der Waals surface area contributed by atoms with Gasteiger partial charge in [-0.15, -0.1) is 0 Å². The smallest absolute Gasteiger partial charge is 0.161 e. The van der Waals surface area contributed by atoms with Gasteiger partial charge >= 0.3 is 0 Å². The van der Waals surface area contributed by atoms with E-state index in [9.17, 15) is 17.6 Å². The van der Waals surface area contributed by atoms with E-state index in [0.717, 1.165) is 48.0 Å². The first-order chi connectivity index (χ1) is 28.2.